The largest absolute Gasteiger partial charge is 0.488 e. The van der Waals surface area contributed by atoms with Crippen LogP contribution >= 0.6 is 0 Å². The lowest BCUT2D eigenvalue weighted by Gasteiger charge is -2.14. The molecule has 0 bridgehead atoms. The van der Waals surface area contributed by atoms with Gasteiger partial charge >= 0.3 is 0 Å². The molecule has 0 spiro atoms. The van der Waals surface area contributed by atoms with Crippen LogP contribution in [0.4, 0.5) is 8.78 Å². The first-order chi connectivity index (χ1) is 9.88. The van der Waals surface area contributed by atoms with Crippen molar-refractivity contribution in [1.29, 1.82) is 5.41 Å². The van der Waals surface area contributed by atoms with Crippen LogP contribution in [0.3, 0.4) is 0 Å². The molecule has 110 valence electrons. The van der Waals surface area contributed by atoms with Crippen LogP contribution in [0.1, 0.15) is 22.3 Å². The summed E-state index contributed by atoms with van der Waals surface area (Å²) in [5.74, 6) is -1.12. The lowest BCUT2D eigenvalue weighted by molar-refractivity contribution is 0.301. The van der Waals surface area contributed by atoms with Gasteiger partial charge in [-0.25, -0.2) is 8.78 Å². The predicted octanol–water partition coefficient (Wildman–Crippen LogP) is 3.44. The van der Waals surface area contributed by atoms with Crippen molar-refractivity contribution in [3.63, 3.8) is 0 Å². The van der Waals surface area contributed by atoms with Crippen molar-refractivity contribution in [2.45, 2.75) is 20.5 Å². The molecular weight excluding hydrogens is 274 g/mol. The van der Waals surface area contributed by atoms with Crippen LogP contribution in [0.5, 0.6) is 5.75 Å². The fourth-order valence-electron chi connectivity index (χ4n) is 2.12. The highest BCUT2D eigenvalue weighted by molar-refractivity contribution is 5.95. The minimum Gasteiger partial charge on any atom is -0.488 e. The average molecular weight is 290 g/mol. The number of hydrogen-bond acceptors (Lipinski definition) is 2. The summed E-state index contributed by atoms with van der Waals surface area (Å²) in [5, 5.41) is 7.44. The van der Waals surface area contributed by atoms with Gasteiger partial charge in [0, 0.05) is 5.56 Å². The fourth-order valence-corrected chi connectivity index (χ4v) is 2.12. The third-order valence-electron chi connectivity index (χ3n) is 3.14. The van der Waals surface area contributed by atoms with Gasteiger partial charge in [0.15, 0.2) is 11.6 Å². The Morgan fingerprint density at radius 1 is 1.10 bits per heavy atom. The molecule has 0 heterocycles. The fraction of sp³-hybridized carbons (Fsp3) is 0.188. The van der Waals surface area contributed by atoms with Crippen LogP contribution in [-0.4, -0.2) is 5.84 Å². The van der Waals surface area contributed by atoms with E-state index in [9.17, 15) is 8.78 Å². The number of nitrogens with two attached hydrogens (primary N) is 1. The highest BCUT2D eigenvalue weighted by atomic mass is 19.2. The van der Waals surface area contributed by atoms with Crippen molar-refractivity contribution >= 4 is 5.84 Å². The van der Waals surface area contributed by atoms with Gasteiger partial charge in [-0.15, -0.1) is 0 Å². The number of aryl methyl sites for hydroxylation is 2. The molecule has 5 heteroatoms. The van der Waals surface area contributed by atoms with Gasteiger partial charge in [0.25, 0.3) is 0 Å². The SMILES string of the molecule is Cc1cc(C(=N)N)cc(C)c1OCc1ccc(F)c(F)c1. The summed E-state index contributed by atoms with van der Waals surface area (Å²) in [5.41, 5.74) is 8.31. The normalized spacial score (nSPS) is 10.5. The Morgan fingerprint density at radius 3 is 2.24 bits per heavy atom. The van der Waals surface area contributed by atoms with E-state index in [0.717, 1.165) is 23.3 Å². The molecule has 0 aromatic heterocycles. The second-order valence-electron chi connectivity index (χ2n) is 4.89. The minimum atomic E-state index is -0.892. The molecule has 3 nitrogen and oxygen atoms in total. The monoisotopic (exact) mass is 290 g/mol. The molecule has 0 aliphatic rings. The van der Waals surface area contributed by atoms with Crippen molar-refractivity contribution in [2.75, 3.05) is 0 Å². The molecule has 0 radical (unpaired) electrons. The van der Waals surface area contributed by atoms with E-state index < -0.39 is 11.6 Å². The first-order valence-electron chi connectivity index (χ1n) is 6.41. The van der Waals surface area contributed by atoms with Crippen LogP contribution in [0.25, 0.3) is 0 Å². The van der Waals surface area contributed by atoms with Crippen molar-refractivity contribution in [3.8, 4) is 5.75 Å². The van der Waals surface area contributed by atoms with Crippen LogP contribution in [-0.2, 0) is 6.61 Å². The molecule has 21 heavy (non-hydrogen) atoms. The van der Waals surface area contributed by atoms with Gasteiger partial charge in [-0.3, -0.25) is 5.41 Å². The zero-order chi connectivity index (χ0) is 15.6. The number of amidine groups is 1. The number of rotatable bonds is 4. The molecule has 2 aromatic carbocycles. The second kappa shape index (κ2) is 5.91. The Morgan fingerprint density at radius 2 is 1.71 bits per heavy atom. The molecular formula is C16H16F2N2O. The molecule has 0 unspecified atom stereocenters. The quantitative estimate of drug-likeness (QED) is 0.669. The van der Waals surface area contributed by atoms with E-state index in [2.05, 4.69) is 0 Å². The Kier molecular flexibility index (Phi) is 4.21. The van der Waals surface area contributed by atoms with E-state index in [0.29, 0.717) is 16.9 Å². The Labute approximate surface area is 121 Å². The lowest BCUT2D eigenvalue weighted by atomic mass is 10.1. The summed E-state index contributed by atoms with van der Waals surface area (Å²) < 4.78 is 31.7. The highest BCUT2D eigenvalue weighted by Gasteiger charge is 2.09. The van der Waals surface area contributed by atoms with E-state index in [1.165, 1.54) is 6.07 Å². The topological polar surface area (TPSA) is 59.1 Å². The molecule has 2 rings (SSSR count). The average Bonchev–Trinajstić information content (AvgIpc) is 2.41. The maximum Gasteiger partial charge on any atom is 0.159 e. The molecule has 3 N–H and O–H groups in total. The van der Waals surface area contributed by atoms with E-state index in [4.69, 9.17) is 15.9 Å². The van der Waals surface area contributed by atoms with Crippen LogP contribution < -0.4 is 10.5 Å². The maximum absolute atomic E-state index is 13.1. The van der Waals surface area contributed by atoms with Crippen molar-refractivity contribution in [2.24, 2.45) is 5.73 Å². The number of halogens is 2. The number of ether oxygens (including phenoxy) is 1. The molecule has 0 fully saturated rings. The van der Waals surface area contributed by atoms with Gasteiger partial charge < -0.3 is 10.5 Å². The molecule has 0 saturated heterocycles. The number of hydrogen-bond donors (Lipinski definition) is 2. The number of benzene rings is 2. The molecule has 0 amide bonds. The van der Waals surface area contributed by atoms with E-state index in [1.807, 2.05) is 13.8 Å². The first kappa shape index (κ1) is 15.0. The van der Waals surface area contributed by atoms with Gasteiger partial charge in [-0.05, 0) is 54.8 Å². The zero-order valence-corrected chi connectivity index (χ0v) is 11.8. The van der Waals surface area contributed by atoms with E-state index in [-0.39, 0.29) is 12.4 Å². The summed E-state index contributed by atoms with van der Waals surface area (Å²) in [6.45, 7) is 3.83. The number of nitrogens with one attached hydrogen (secondary N) is 1. The second-order valence-corrected chi connectivity index (χ2v) is 4.89. The van der Waals surface area contributed by atoms with Gasteiger partial charge in [0.2, 0.25) is 0 Å². The highest BCUT2D eigenvalue weighted by Crippen LogP contribution is 2.25. The van der Waals surface area contributed by atoms with Crippen LogP contribution in [0, 0.1) is 30.9 Å². The summed E-state index contributed by atoms with van der Waals surface area (Å²) in [6, 6.07) is 7.19. The standard InChI is InChI=1S/C16H16F2N2O/c1-9-5-12(16(19)20)6-10(2)15(9)21-8-11-3-4-13(17)14(18)7-11/h3-7H,8H2,1-2H3,(H3,19,20). The Balaban J connectivity index is 2.20. The minimum absolute atomic E-state index is 0.00615. The maximum atomic E-state index is 13.1. The molecule has 0 atom stereocenters. The van der Waals surface area contributed by atoms with E-state index in [1.54, 1.807) is 12.1 Å². The summed E-state index contributed by atoms with van der Waals surface area (Å²) in [7, 11) is 0. The van der Waals surface area contributed by atoms with Crippen molar-refractivity contribution in [1.82, 2.24) is 0 Å². The lowest BCUT2D eigenvalue weighted by Crippen LogP contribution is -2.12. The summed E-state index contributed by atoms with van der Waals surface area (Å²) in [6.07, 6.45) is 0. The third kappa shape index (κ3) is 3.37. The zero-order valence-electron chi connectivity index (χ0n) is 11.8. The molecule has 0 aliphatic carbocycles. The first-order valence-corrected chi connectivity index (χ1v) is 6.41. The van der Waals surface area contributed by atoms with E-state index >= 15 is 0 Å². The smallest absolute Gasteiger partial charge is 0.159 e. The van der Waals surface area contributed by atoms with Gasteiger partial charge in [-0.2, -0.15) is 0 Å². The van der Waals surface area contributed by atoms with Crippen molar-refractivity contribution in [3.05, 3.63) is 64.2 Å². The Bertz CT molecular complexity index is 676. The van der Waals surface area contributed by atoms with Crippen molar-refractivity contribution < 1.29 is 13.5 Å². The van der Waals surface area contributed by atoms with Crippen LogP contribution in [0.15, 0.2) is 30.3 Å². The number of nitrogen functional groups attached to an aromatic ring is 1. The Hall–Kier alpha value is -2.43. The summed E-state index contributed by atoms with van der Waals surface area (Å²) in [4.78, 5) is 0. The predicted molar refractivity (Wildman–Crippen MR) is 77.6 cm³/mol. The molecule has 0 aliphatic heterocycles. The molecule has 0 saturated carbocycles. The van der Waals surface area contributed by atoms with Gasteiger partial charge in [0.05, 0.1) is 0 Å². The molecule has 2 aromatic rings. The van der Waals surface area contributed by atoms with Gasteiger partial charge in [-0.1, -0.05) is 6.07 Å². The van der Waals surface area contributed by atoms with Crippen LogP contribution in [0.2, 0.25) is 0 Å². The third-order valence-corrected chi connectivity index (χ3v) is 3.14. The van der Waals surface area contributed by atoms with Gasteiger partial charge in [0.1, 0.15) is 18.2 Å². The summed E-state index contributed by atoms with van der Waals surface area (Å²) >= 11 is 0.